The predicted octanol–water partition coefficient (Wildman–Crippen LogP) is 2.79. The molecule has 2 aromatic rings. The van der Waals surface area contributed by atoms with Crippen LogP contribution in [0, 0.1) is 11.6 Å². The van der Waals surface area contributed by atoms with Gasteiger partial charge in [0.25, 0.3) is 0 Å². The summed E-state index contributed by atoms with van der Waals surface area (Å²) < 4.78 is 28.4. The van der Waals surface area contributed by atoms with E-state index in [1.807, 2.05) is 24.5 Å². The van der Waals surface area contributed by atoms with Gasteiger partial charge in [-0.15, -0.1) is 24.0 Å². The van der Waals surface area contributed by atoms with Crippen molar-refractivity contribution in [2.24, 2.45) is 4.99 Å². The maximum atomic E-state index is 13.5. The van der Waals surface area contributed by atoms with E-state index >= 15 is 0 Å². The number of hydrogen-bond acceptors (Lipinski definition) is 1. The molecule has 0 aliphatic rings. The average Bonchev–Trinajstić information content (AvgIpc) is 3.01. The van der Waals surface area contributed by atoms with Crippen LogP contribution >= 0.6 is 24.0 Å². The van der Waals surface area contributed by atoms with Gasteiger partial charge in [0.2, 0.25) is 0 Å². The molecular formula is C16H21F2IN4. The van der Waals surface area contributed by atoms with E-state index in [0.717, 1.165) is 19.2 Å². The van der Waals surface area contributed by atoms with Gasteiger partial charge in [0, 0.05) is 45.1 Å². The molecule has 126 valence electrons. The fraction of sp³-hybridized carbons (Fsp3) is 0.312. The zero-order valence-electron chi connectivity index (χ0n) is 12.9. The van der Waals surface area contributed by atoms with Gasteiger partial charge >= 0.3 is 0 Å². The minimum Gasteiger partial charge on any atom is -0.356 e. The van der Waals surface area contributed by atoms with Gasteiger partial charge in [-0.25, -0.2) is 8.78 Å². The molecule has 0 saturated heterocycles. The molecule has 7 heteroatoms. The number of hydrogen-bond donors (Lipinski definition) is 2. The van der Waals surface area contributed by atoms with Crippen LogP contribution in [-0.2, 0) is 13.0 Å². The van der Waals surface area contributed by atoms with Crippen molar-refractivity contribution in [1.82, 2.24) is 15.2 Å². The molecule has 0 spiro atoms. The van der Waals surface area contributed by atoms with E-state index in [9.17, 15) is 8.78 Å². The summed E-state index contributed by atoms with van der Waals surface area (Å²) in [6.07, 6.45) is 4.45. The Morgan fingerprint density at radius 3 is 2.48 bits per heavy atom. The molecule has 0 radical (unpaired) electrons. The quantitative estimate of drug-likeness (QED) is 0.417. The Bertz CT molecular complexity index is 615. The largest absolute Gasteiger partial charge is 0.356 e. The maximum Gasteiger partial charge on any atom is 0.191 e. The number of aromatic nitrogens is 1. The highest BCUT2D eigenvalue weighted by Crippen LogP contribution is 2.09. The number of rotatable bonds is 6. The minimum absolute atomic E-state index is 0. The summed E-state index contributed by atoms with van der Waals surface area (Å²) in [6.45, 7) is 2.09. The Labute approximate surface area is 152 Å². The molecule has 2 rings (SSSR count). The summed E-state index contributed by atoms with van der Waals surface area (Å²) in [4.78, 5) is 4.11. The molecule has 0 fully saturated rings. The number of aliphatic imine (C=N–C) groups is 1. The molecule has 0 saturated carbocycles. The second-order valence-corrected chi connectivity index (χ2v) is 4.83. The summed E-state index contributed by atoms with van der Waals surface area (Å²) in [5, 5.41) is 6.29. The van der Waals surface area contributed by atoms with E-state index in [-0.39, 0.29) is 24.0 Å². The lowest BCUT2D eigenvalue weighted by atomic mass is 10.1. The number of nitrogens with one attached hydrogen (secondary N) is 2. The van der Waals surface area contributed by atoms with Crippen molar-refractivity contribution in [2.75, 3.05) is 20.1 Å². The van der Waals surface area contributed by atoms with E-state index in [1.54, 1.807) is 7.05 Å². The molecule has 1 heterocycles. The topological polar surface area (TPSA) is 41.4 Å². The Kier molecular flexibility index (Phi) is 8.60. The van der Waals surface area contributed by atoms with Gasteiger partial charge in [0.15, 0.2) is 5.96 Å². The molecule has 0 atom stereocenters. The van der Waals surface area contributed by atoms with Crippen LogP contribution in [0.3, 0.4) is 0 Å². The molecule has 0 bridgehead atoms. The van der Waals surface area contributed by atoms with Crippen LogP contribution < -0.4 is 10.6 Å². The van der Waals surface area contributed by atoms with Gasteiger partial charge in [-0.2, -0.15) is 0 Å². The second-order valence-electron chi connectivity index (χ2n) is 4.83. The van der Waals surface area contributed by atoms with Crippen LogP contribution in [0.5, 0.6) is 0 Å². The maximum absolute atomic E-state index is 13.5. The predicted molar refractivity (Wildman–Crippen MR) is 99.3 cm³/mol. The third-order valence-corrected chi connectivity index (χ3v) is 3.25. The number of guanidine groups is 1. The smallest absolute Gasteiger partial charge is 0.191 e. The second kappa shape index (κ2) is 10.2. The summed E-state index contributed by atoms with van der Waals surface area (Å²) >= 11 is 0. The molecule has 0 amide bonds. The standard InChI is InChI=1S/C16H20F2N4.HI/c1-19-16(21-8-11-22-9-2-3-10-22)20-7-6-13-4-5-14(17)12-15(13)18;/h2-5,9-10,12H,6-8,11H2,1H3,(H2,19,20,21);1H. The number of nitrogens with zero attached hydrogens (tertiary/aromatic N) is 2. The number of benzene rings is 1. The van der Waals surface area contributed by atoms with Gasteiger partial charge in [-0.3, -0.25) is 4.99 Å². The minimum atomic E-state index is -0.559. The lowest BCUT2D eigenvalue weighted by molar-refractivity contribution is 0.570. The fourth-order valence-electron chi connectivity index (χ4n) is 2.08. The summed E-state index contributed by atoms with van der Waals surface area (Å²) in [5.41, 5.74) is 0.483. The monoisotopic (exact) mass is 434 g/mol. The fourth-order valence-corrected chi connectivity index (χ4v) is 2.08. The summed E-state index contributed by atoms with van der Waals surface area (Å²) in [6, 6.07) is 7.59. The van der Waals surface area contributed by atoms with Gasteiger partial charge in [-0.05, 0) is 30.2 Å². The third kappa shape index (κ3) is 6.55. The Morgan fingerprint density at radius 2 is 1.83 bits per heavy atom. The van der Waals surface area contributed by atoms with Crippen LogP contribution in [0.1, 0.15) is 5.56 Å². The number of halogens is 3. The van der Waals surface area contributed by atoms with Crippen LogP contribution in [0.2, 0.25) is 0 Å². The Hall–Kier alpha value is -1.64. The van der Waals surface area contributed by atoms with Crippen molar-refractivity contribution in [2.45, 2.75) is 13.0 Å². The first-order valence-electron chi connectivity index (χ1n) is 7.18. The summed E-state index contributed by atoms with van der Waals surface area (Å²) in [5.74, 6) is -0.413. The van der Waals surface area contributed by atoms with E-state index in [0.29, 0.717) is 24.5 Å². The first-order valence-corrected chi connectivity index (χ1v) is 7.18. The van der Waals surface area contributed by atoms with Gasteiger partial charge in [0.05, 0.1) is 0 Å². The van der Waals surface area contributed by atoms with E-state index < -0.39 is 11.6 Å². The first kappa shape index (κ1) is 19.4. The Balaban J connectivity index is 0.00000264. The van der Waals surface area contributed by atoms with Crippen molar-refractivity contribution in [3.63, 3.8) is 0 Å². The first-order chi connectivity index (χ1) is 10.7. The van der Waals surface area contributed by atoms with Gasteiger partial charge in [0.1, 0.15) is 11.6 Å². The molecule has 4 nitrogen and oxygen atoms in total. The highest BCUT2D eigenvalue weighted by atomic mass is 127. The lowest BCUT2D eigenvalue weighted by Crippen LogP contribution is -2.39. The van der Waals surface area contributed by atoms with Crippen molar-refractivity contribution in [3.8, 4) is 0 Å². The van der Waals surface area contributed by atoms with E-state index in [2.05, 4.69) is 20.2 Å². The van der Waals surface area contributed by atoms with Gasteiger partial charge < -0.3 is 15.2 Å². The molecule has 0 aliphatic carbocycles. The molecular weight excluding hydrogens is 413 g/mol. The molecule has 0 aliphatic heterocycles. The van der Waals surface area contributed by atoms with Crippen LogP contribution in [-0.4, -0.2) is 30.7 Å². The SMILES string of the molecule is CN=C(NCCc1ccc(F)cc1F)NCCn1cccc1.I. The highest BCUT2D eigenvalue weighted by Gasteiger charge is 2.04. The molecule has 1 aromatic heterocycles. The Morgan fingerprint density at radius 1 is 1.13 bits per heavy atom. The molecule has 0 unspecified atom stereocenters. The van der Waals surface area contributed by atoms with Crippen molar-refractivity contribution < 1.29 is 8.78 Å². The third-order valence-electron chi connectivity index (χ3n) is 3.25. The van der Waals surface area contributed by atoms with Crippen LogP contribution in [0.15, 0.2) is 47.7 Å². The molecule has 1 aromatic carbocycles. The highest BCUT2D eigenvalue weighted by molar-refractivity contribution is 14.0. The van der Waals surface area contributed by atoms with Crippen LogP contribution in [0.25, 0.3) is 0 Å². The van der Waals surface area contributed by atoms with Crippen molar-refractivity contribution in [1.29, 1.82) is 0 Å². The van der Waals surface area contributed by atoms with Crippen molar-refractivity contribution in [3.05, 3.63) is 59.9 Å². The van der Waals surface area contributed by atoms with Gasteiger partial charge in [-0.1, -0.05) is 6.07 Å². The van der Waals surface area contributed by atoms with Crippen LogP contribution in [0.4, 0.5) is 8.78 Å². The van der Waals surface area contributed by atoms with E-state index in [1.165, 1.54) is 12.1 Å². The van der Waals surface area contributed by atoms with Crippen molar-refractivity contribution >= 4 is 29.9 Å². The normalized spacial score (nSPS) is 11.0. The van der Waals surface area contributed by atoms with E-state index in [4.69, 9.17) is 0 Å². The molecule has 2 N–H and O–H groups in total. The zero-order valence-corrected chi connectivity index (χ0v) is 15.3. The zero-order chi connectivity index (χ0) is 15.8. The lowest BCUT2D eigenvalue weighted by Gasteiger charge is -2.12. The molecule has 23 heavy (non-hydrogen) atoms. The average molecular weight is 434 g/mol. The summed E-state index contributed by atoms with van der Waals surface area (Å²) in [7, 11) is 1.68.